The van der Waals surface area contributed by atoms with Gasteiger partial charge in [0.25, 0.3) is 5.91 Å². The standard InChI is InChI=1S/C19H21NO2/c1-12(2)20-19(22)17-8-6-5-7-16(17)18(21)15-10-9-13(3)11-14(15)4/h5-12H,1-4H3,(H,20,22). The minimum Gasteiger partial charge on any atom is -0.350 e. The Labute approximate surface area is 131 Å². The Bertz CT molecular complexity index is 717. The zero-order valence-corrected chi connectivity index (χ0v) is 13.4. The van der Waals surface area contributed by atoms with E-state index >= 15 is 0 Å². The first-order chi connectivity index (χ1) is 10.4. The first-order valence-electron chi connectivity index (χ1n) is 7.42. The number of carbonyl (C=O) groups is 2. The molecule has 22 heavy (non-hydrogen) atoms. The van der Waals surface area contributed by atoms with Crippen molar-refractivity contribution >= 4 is 11.7 Å². The zero-order chi connectivity index (χ0) is 16.3. The Kier molecular flexibility index (Phi) is 4.76. The van der Waals surface area contributed by atoms with Crippen molar-refractivity contribution in [3.8, 4) is 0 Å². The van der Waals surface area contributed by atoms with Gasteiger partial charge in [-0.2, -0.15) is 0 Å². The molecular weight excluding hydrogens is 274 g/mol. The molecule has 0 fully saturated rings. The summed E-state index contributed by atoms with van der Waals surface area (Å²) in [5.41, 5.74) is 3.52. The predicted octanol–water partition coefficient (Wildman–Crippen LogP) is 3.67. The van der Waals surface area contributed by atoms with Gasteiger partial charge in [0.15, 0.2) is 5.78 Å². The largest absolute Gasteiger partial charge is 0.350 e. The Morgan fingerprint density at radius 2 is 1.55 bits per heavy atom. The highest BCUT2D eigenvalue weighted by Crippen LogP contribution is 2.18. The first kappa shape index (κ1) is 16.0. The molecule has 1 amide bonds. The van der Waals surface area contributed by atoms with E-state index in [1.165, 1.54) is 0 Å². The van der Waals surface area contributed by atoms with Crippen LogP contribution in [0.5, 0.6) is 0 Å². The minimum atomic E-state index is -0.219. The Morgan fingerprint density at radius 3 is 2.14 bits per heavy atom. The summed E-state index contributed by atoms with van der Waals surface area (Å²) in [6, 6.07) is 12.7. The smallest absolute Gasteiger partial charge is 0.252 e. The summed E-state index contributed by atoms with van der Waals surface area (Å²) >= 11 is 0. The fourth-order valence-electron chi connectivity index (χ4n) is 2.43. The second kappa shape index (κ2) is 6.56. The van der Waals surface area contributed by atoms with Gasteiger partial charge in [0.05, 0.1) is 5.56 Å². The molecular formula is C19H21NO2. The SMILES string of the molecule is Cc1ccc(C(=O)c2ccccc2C(=O)NC(C)C)c(C)c1. The number of amides is 1. The van der Waals surface area contributed by atoms with Crippen molar-refractivity contribution in [2.75, 3.05) is 0 Å². The van der Waals surface area contributed by atoms with Crippen molar-refractivity contribution in [2.24, 2.45) is 0 Å². The maximum absolute atomic E-state index is 12.8. The van der Waals surface area contributed by atoms with Crippen LogP contribution in [0.2, 0.25) is 0 Å². The molecule has 0 saturated carbocycles. The van der Waals surface area contributed by atoms with Gasteiger partial charge >= 0.3 is 0 Å². The van der Waals surface area contributed by atoms with Gasteiger partial charge in [-0.15, -0.1) is 0 Å². The van der Waals surface area contributed by atoms with Crippen molar-refractivity contribution in [3.05, 3.63) is 70.3 Å². The van der Waals surface area contributed by atoms with E-state index in [9.17, 15) is 9.59 Å². The van der Waals surface area contributed by atoms with Gasteiger partial charge in [-0.05, 0) is 39.3 Å². The van der Waals surface area contributed by atoms with Crippen molar-refractivity contribution < 1.29 is 9.59 Å². The zero-order valence-electron chi connectivity index (χ0n) is 13.4. The molecule has 0 bridgehead atoms. The van der Waals surface area contributed by atoms with Gasteiger partial charge in [0.1, 0.15) is 0 Å². The van der Waals surface area contributed by atoms with Crippen LogP contribution in [0.4, 0.5) is 0 Å². The number of hydrogen-bond donors (Lipinski definition) is 1. The van der Waals surface area contributed by atoms with Gasteiger partial charge in [-0.3, -0.25) is 9.59 Å². The van der Waals surface area contributed by atoms with E-state index in [2.05, 4.69) is 5.32 Å². The van der Waals surface area contributed by atoms with E-state index in [1.807, 2.05) is 45.9 Å². The second-order valence-corrected chi connectivity index (χ2v) is 5.82. The van der Waals surface area contributed by atoms with Crippen LogP contribution >= 0.6 is 0 Å². The van der Waals surface area contributed by atoms with E-state index in [1.54, 1.807) is 24.3 Å². The lowest BCUT2D eigenvalue weighted by molar-refractivity contribution is 0.0932. The molecule has 1 N–H and O–H groups in total. The summed E-state index contributed by atoms with van der Waals surface area (Å²) in [5.74, 6) is -0.337. The van der Waals surface area contributed by atoms with Crippen LogP contribution in [0.15, 0.2) is 42.5 Å². The average molecular weight is 295 g/mol. The molecule has 0 aromatic heterocycles. The van der Waals surface area contributed by atoms with Crippen molar-refractivity contribution in [1.82, 2.24) is 5.32 Å². The molecule has 0 aliphatic heterocycles. The highest BCUT2D eigenvalue weighted by atomic mass is 16.2. The summed E-state index contributed by atoms with van der Waals surface area (Å²) in [4.78, 5) is 25.1. The lowest BCUT2D eigenvalue weighted by Crippen LogP contribution is -2.31. The monoisotopic (exact) mass is 295 g/mol. The molecule has 0 spiro atoms. The maximum atomic E-state index is 12.8. The quantitative estimate of drug-likeness (QED) is 0.875. The fraction of sp³-hybridized carbons (Fsp3) is 0.263. The van der Waals surface area contributed by atoms with Crippen LogP contribution in [-0.2, 0) is 0 Å². The summed E-state index contributed by atoms with van der Waals surface area (Å²) < 4.78 is 0. The lowest BCUT2D eigenvalue weighted by Gasteiger charge is -2.13. The molecule has 0 atom stereocenters. The van der Waals surface area contributed by atoms with Crippen LogP contribution in [0.3, 0.4) is 0 Å². The fourth-order valence-corrected chi connectivity index (χ4v) is 2.43. The number of carbonyl (C=O) groups excluding carboxylic acids is 2. The first-order valence-corrected chi connectivity index (χ1v) is 7.42. The third-order valence-electron chi connectivity index (χ3n) is 3.46. The van der Waals surface area contributed by atoms with Crippen LogP contribution in [0.25, 0.3) is 0 Å². The van der Waals surface area contributed by atoms with Gasteiger partial charge in [-0.25, -0.2) is 0 Å². The van der Waals surface area contributed by atoms with Crippen molar-refractivity contribution in [2.45, 2.75) is 33.7 Å². The molecule has 0 saturated heterocycles. The topological polar surface area (TPSA) is 46.2 Å². The minimum absolute atomic E-state index is 0.0248. The molecule has 0 unspecified atom stereocenters. The highest BCUT2D eigenvalue weighted by molar-refractivity contribution is 6.15. The van der Waals surface area contributed by atoms with E-state index in [-0.39, 0.29) is 17.7 Å². The number of rotatable bonds is 4. The summed E-state index contributed by atoms with van der Waals surface area (Å²) in [6.45, 7) is 7.70. The summed E-state index contributed by atoms with van der Waals surface area (Å²) in [6.07, 6.45) is 0. The van der Waals surface area contributed by atoms with Crippen LogP contribution in [0, 0.1) is 13.8 Å². The number of aryl methyl sites for hydroxylation is 2. The molecule has 0 aliphatic carbocycles. The summed E-state index contributed by atoms with van der Waals surface area (Å²) in [7, 11) is 0. The molecule has 0 aliphatic rings. The van der Waals surface area contributed by atoms with Gasteiger partial charge < -0.3 is 5.32 Å². The maximum Gasteiger partial charge on any atom is 0.252 e. The molecule has 2 aromatic carbocycles. The van der Waals surface area contributed by atoms with Gasteiger partial charge in [-0.1, -0.05) is 42.0 Å². The Morgan fingerprint density at radius 1 is 0.909 bits per heavy atom. The predicted molar refractivity (Wildman–Crippen MR) is 88.4 cm³/mol. The van der Waals surface area contributed by atoms with Crippen LogP contribution < -0.4 is 5.32 Å². The number of benzene rings is 2. The normalized spacial score (nSPS) is 10.6. The van der Waals surface area contributed by atoms with E-state index in [0.29, 0.717) is 16.7 Å². The molecule has 2 aromatic rings. The molecule has 0 radical (unpaired) electrons. The third-order valence-corrected chi connectivity index (χ3v) is 3.46. The lowest BCUT2D eigenvalue weighted by atomic mass is 9.94. The van der Waals surface area contributed by atoms with Gasteiger partial charge in [0, 0.05) is 17.2 Å². The van der Waals surface area contributed by atoms with Gasteiger partial charge in [0.2, 0.25) is 0 Å². The number of ketones is 1. The third kappa shape index (κ3) is 3.42. The second-order valence-electron chi connectivity index (χ2n) is 5.82. The van der Waals surface area contributed by atoms with E-state index < -0.39 is 0 Å². The van der Waals surface area contributed by atoms with E-state index in [4.69, 9.17) is 0 Å². The van der Waals surface area contributed by atoms with Crippen molar-refractivity contribution in [3.63, 3.8) is 0 Å². The molecule has 0 heterocycles. The van der Waals surface area contributed by atoms with Crippen LogP contribution in [-0.4, -0.2) is 17.7 Å². The molecule has 3 nitrogen and oxygen atoms in total. The van der Waals surface area contributed by atoms with E-state index in [0.717, 1.165) is 11.1 Å². The Balaban J connectivity index is 2.44. The molecule has 2 rings (SSSR count). The highest BCUT2D eigenvalue weighted by Gasteiger charge is 2.19. The average Bonchev–Trinajstić information content (AvgIpc) is 2.46. The Hall–Kier alpha value is -2.42. The number of hydrogen-bond acceptors (Lipinski definition) is 2. The number of nitrogens with one attached hydrogen (secondary N) is 1. The molecule has 114 valence electrons. The summed E-state index contributed by atoms with van der Waals surface area (Å²) in [5, 5.41) is 2.84. The molecule has 3 heteroatoms. The van der Waals surface area contributed by atoms with Crippen molar-refractivity contribution in [1.29, 1.82) is 0 Å². The van der Waals surface area contributed by atoms with Crippen LogP contribution in [0.1, 0.15) is 51.3 Å².